The van der Waals surface area contributed by atoms with Gasteiger partial charge in [0.1, 0.15) is 0 Å². The van der Waals surface area contributed by atoms with E-state index in [0.29, 0.717) is 13.0 Å². The highest BCUT2D eigenvalue weighted by Crippen LogP contribution is 2.09. The van der Waals surface area contributed by atoms with E-state index in [2.05, 4.69) is 5.32 Å². The molecular formula is C13H18N2OS. The van der Waals surface area contributed by atoms with Crippen molar-refractivity contribution in [3.05, 3.63) is 35.9 Å². The molecule has 0 aromatic heterocycles. The van der Waals surface area contributed by atoms with Gasteiger partial charge >= 0.3 is 0 Å². The highest BCUT2D eigenvalue weighted by molar-refractivity contribution is 7.80. The van der Waals surface area contributed by atoms with Gasteiger partial charge in [-0.25, -0.2) is 0 Å². The van der Waals surface area contributed by atoms with E-state index in [1.54, 1.807) is 0 Å². The first-order valence-electron chi connectivity index (χ1n) is 5.76. The molecule has 0 aliphatic rings. The molecule has 1 rings (SSSR count). The molecule has 0 saturated carbocycles. The summed E-state index contributed by atoms with van der Waals surface area (Å²) in [4.78, 5) is 12.1. The van der Waals surface area contributed by atoms with E-state index >= 15 is 0 Å². The zero-order valence-corrected chi connectivity index (χ0v) is 10.8. The van der Waals surface area contributed by atoms with E-state index in [-0.39, 0.29) is 10.9 Å². The fraction of sp³-hybridized carbons (Fsp3) is 0.385. The monoisotopic (exact) mass is 250 g/mol. The van der Waals surface area contributed by atoms with Gasteiger partial charge in [-0.1, -0.05) is 49.5 Å². The molecule has 3 nitrogen and oxygen atoms in total. The number of carbonyl (C=O) groups is 1. The van der Waals surface area contributed by atoms with Gasteiger partial charge in [-0.2, -0.15) is 0 Å². The molecule has 0 fully saturated rings. The van der Waals surface area contributed by atoms with E-state index in [1.807, 2.05) is 37.3 Å². The Labute approximate surface area is 107 Å². The second kappa shape index (κ2) is 7.01. The number of hydrogen-bond donors (Lipinski definition) is 2. The molecule has 1 aromatic carbocycles. The lowest BCUT2D eigenvalue weighted by molar-refractivity contribution is -0.122. The molecule has 0 bridgehead atoms. The Balaban J connectivity index is 2.67. The molecule has 0 radical (unpaired) electrons. The molecular weight excluding hydrogens is 232 g/mol. The summed E-state index contributed by atoms with van der Waals surface area (Å²) < 4.78 is 0. The topological polar surface area (TPSA) is 55.1 Å². The van der Waals surface area contributed by atoms with Crippen molar-refractivity contribution >= 4 is 23.1 Å². The van der Waals surface area contributed by atoms with E-state index in [4.69, 9.17) is 18.0 Å². The van der Waals surface area contributed by atoms with Crippen molar-refractivity contribution < 1.29 is 4.79 Å². The SMILES string of the molecule is CCCNC(=O)C(Cc1ccccc1)C(N)=S. The number of benzene rings is 1. The maximum absolute atomic E-state index is 11.9. The molecule has 0 aliphatic carbocycles. The van der Waals surface area contributed by atoms with E-state index in [9.17, 15) is 4.79 Å². The third-order valence-electron chi connectivity index (χ3n) is 2.49. The number of amides is 1. The van der Waals surface area contributed by atoms with Crippen LogP contribution in [0.2, 0.25) is 0 Å². The average molecular weight is 250 g/mol. The fourth-order valence-corrected chi connectivity index (χ4v) is 1.73. The van der Waals surface area contributed by atoms with Crippen molar-refractivity contribution in [3.63, 3.8) is 0 Å². The number of nitrogens with one attached hydrogen (secondary N) is 1. The molecule has 1 unspecified atom stereocenters. The minimum atomic E-state index is -0.418. The first kappa shape index (κ1) is 13.6. The summed E-state index contributed by atoms with van der Waals surface area (Å²) in [6, 6.07) is 9.76. The van der Waals surface area contributed by atoms with Gasteiger partial charge in [0, 0.05) is 6.54 Å². The van der Waals surface area contributed by atoms with E-state index < -0.39 is 5.92 Å². The van der Waals surface area contributed by atoms with E-state index in [0.717, 1.165) is 12.0 Å². The Bertz CT molecular complexity index is 378. The number of thiocarbonyl (C=S) groups is 1. The molecule has 1 atom stereocenters. The third-order valence-corrected chi connectivity index (χ3v) is 2.78. The normalized spacial score (nSPS) is 11.8. The van der Waals surface area contributed by atoms with Gasteiger partial charge in [0.2, 0.25) is 5.91 Å². The molecule has 0 heterocycles. The van der Waals surface area contributed by atoms with Crippen LogP contribution >= 0.6 is 12.2 Å². The molecule has 1 aromatic rings. The zero-order chi connectivity index (χ0) is 12.7. The van der Waals surface area contributed by atoms with Gasteiger partial charge < -0.3 is 11.1 Å². The van der Waals surface area contributed by atoms with E-state index in [1.165, 1.54) is 0 Å². The van der Waals surface area contributed by atoms with Gasteiger partial charge in [-0.05, 0) is 18.4 Å². The first-order valence-corrected chi connectivity index (χ1v) is 6.17. The van der Waals surface area contributed by atoms with Crippen molar-refractivity contribution in [1.82, 2.24) is 5.32 Å². The summed E-state index contributed by atoms with van der Waals surface area (Å²) >= 11 is 4.96. The lowest BCUT2D eigenvalue weighted by Crippen LogP contribution is -2.39. The van der Waals surface area contributed by atoms with Crippen molar-refractivity contribution in [3.8, 4) is 0 Å². The molecule has 3 N–H and O–H groups in total. The Kier molecular flexibility index (Phi) is 5.63. The lowest BCUT2D eigenvalue weighted by atomic mass is 9.98. The maximum Gasteiger partial charge on any atom is 0.230 e. The summed E-state index contributed by atoms with van der Waals surface area (Å²) in [6.45, 7) is 2.67. The summed E-state index contributed by atoms with van der Waals surface area (Å²) in [6.07, 6.45) is 1.47. The van der Waals surface area contributed by atoms with Crippen LogP contribution in [0.25, 0.3) is 0 Å². The molecule has 92 valence electrons. The standard InChI is InChI=1S/C13H18N2OS/c1-2-8-15-13(16)11(12(14)17)9-10-6-4-3-5-7-10/h3-7,11H,2,8-9H2,1H3,(H2,14,17)(H,15,16). The molecule has 17 heavy (non-hydrogen) atoms. The van der Waals surface area contributed by atoms with Crippen LogP contribution < -0.4 is 11.1 Å². The summed E-state index contributed by atoms with van der Waals surface area (Å²) in [5.74, 6) is -0.498. The quantitative estimate of drug-likeness (QED) is 0.755. The van der Waals surface area contributed by atoms with Crippen molar-refractivity contribution in [2.75, 3.05) is 6.54 Å². The van der Waals surface area contributed by atoms with Gasteiger partial charge in [0.15, 0.2) is 0 Å². The van der Waals surface area contributed by atoms with Crippen LogP contribution in [-0.2, 0) is 11.2 Å². The number of rotatable bonds is 6. The van der Waals surface area contributed by atoms with Crippen molar-refractivity contribution in [1.29, 1.82) is 0 Å². The van der Waals surface area contributed by atoms with Crippen molar-refractivity contribution in [2.24, 2.45) is 11.7 Å². The largest absolute Gasteiger partial charge is 0.393 e. The van der Waals surface area contributed by atoms with Crippen LogP contribution in [0.5, 0.6) is 0 Å². The van der Waals surface area contributed by atoms with Gasteiger partial charge in [-0.15, -0.1) is 0 Å². The molecule has 1 amide bonds. The fourth-order valence-electron chi connectivity index (χ4n) is 1.54. The first-order chi connectivity index (χ1) is 8.15. The average Bonchev–Trinajstić information content (AvgIpc) is 2.34. The highest BCUT2D eigenvalue weighted by atomic mass is 32.1. The van der Waals surface area contributed by atoms with Crippen LogP contribution in [0, 0.1) is 5.92 Å². The predicted octanol–water partition coefficient (Wildman–Crippen LogP) is 1.66. The van der Waals surface area contributed by atoms with Crippen molar-refractivity contribution in [2.45, 2.75) is 19.8 Å². The van der Waals surface area contributed by atoms with Gasteiger partial charge in [0.05, 0.1) is 10.9 Å². The van der Waals surface area contributed by atoms with Crippen LogP contribution in [0.1, 0.15) is 18.9 Å². The second-order valence-corrected chi connectivity index (χ2v) is 4.41. The predicted molar refractivity (Wildman–Crippen MR) is 73.7 cm³/mol. The zero-order valence-electron chi connectivity index (χ0n) is 9.98. The molecule has 4 heteroatoms. The number of nitrogens with two attached hydrogens (primary N) is 1. The number of carbonyl (C=O) groups excluding carboxylic acids is 1. The summed E-state index contributed by atoms with van der Waals surface area (Å²) in [5.41, 5.74) is 6.69. The van der Waals surface area contributed by atoms with Crippen LogP contribution in [0.15, 0.2) is 30.3 Å². The summed E-state index contributed by atoms with van der Waals surface area (Å²) in [5, 5.41) is 2.83. The molecule has 0 aliphatic heterocycles. The Morgan fingerprint density at radius 2 is 2.06 bits per heavy atom. The minimum Gasteiger partial charge on any atom is -0.393 e. The van der Waals surface area contributed by atoms with Crippen LogP contribution in [-0.4, -0.2) is 17.4 Å². The molecule has 0 spiro atoms. The Hall–Kier alpha value is -1.42. The number of hydrogen-bond acceptors (Lipinski definition) is 2. The lowest BCUT2D eigenvalue weighted by Gasteiger charge is -2.15. The van der Waals surface area contributed by atoms with Crippen LogP contribution in [0.3, 0.4) is 0 Å². The van der Waals surface area contributed by atoms with Gasteiger partial charge in [-0.3, -0.25) is 4.79 Å². The Morgan fingerprint density at radius 1 is 1.41 bits per heavy atom. The molecule has 0 saturated heterocycles. The maximum atomic E-state index is 11.9. The summed E-state index contributed by atoms with van der Waals surface area (Å²) in [7, 11) is 0. The Morgan fingerprint density at radius 3 is 2.59 bits per heavy atom. The van der Waals surface area contributed by atoms with Crippen LogP contribution in [0.4, 0.5) is 0 Å². The highest BCUT2D eigenvalue weighted by Gasteiger charge is 2.21. The smallest absolute Gasteiger partial charge is 0.230 e. The second-order valence-electron chi connectivity index (χ2n) is 3.94. The third kappa shape index (κ3) is 4.53. The minimum absolute atomic E-state index is 0.0804. The van der Waals surface area contributed by atoms with Gasteiger partial charge in [0.25, 0.3) is 0 Å².